The zero-order valence-corrected chi connectivity index (χ0v) is 10.6. The molecule has 1 unspecified atom stereocenters. The Kier molecular flexibility index (Phi) is 3.26. The predicted molar refractivity (Wildman–Crippen MR) is 72.5 cm³/mol. The van der Waals surface area contributed by atoms with Gasteiger partial charge in [0.25, 0.3) is 0 Å². The molecule has 2 aromatic rings. The van der Waals surface area contributed by atoms with Crippen molar-refractivity contribution in [1.82, 2.24) is 10.3 Å². The van der Waals surface area contributed by atoms with Crippen molar-refractivity contribution in [3.05, 3.63) is 41.6 Å². The summed E-state index contributed by atoms with van der Waals surface area (Å²) in [6, 6.07) is 10.4. The Balaban J connectivity index is 1.85. The van der Waals surface area contributed by atoms with E-state index in [1.165, 1.54) is 10.9 Å². The zero-order valence-electron chi connectivity index (χ0n) is 10.6. The molecule has 1 aliphatic heterocycles. The quantitative estimate of drug-likeness (QED) is 0.897. The number of fused-ring (bicyclic) bond motifs is 1. The van der Waals surface area contributed by atoms with Gasteiger partial charge in [0.15, 0.2) is 0 Å². The van der Waals surface area contributed by atoms with E-state index in [0.29, 0.717) is 12.7 Å². The second-order valence-corrected chi connectivity index (χ2v) is 4.87. The molecule has 0 radical (unpaired) electrons. The molecule has 3 rings (SSSR count). The predicted octanol–water partition coefficient (Wildman–Crippen LogP) is 2.42. The SMILES string of the molecule is Cc1cc(COC2CCNC2)c2ccccc2n1. The third-order valence-electron chi connectivity index (χ3n) is 3.42. The summed E-state index contributed by atoms with van der Waals surface area (Å²) in [7, 11) is 0. The normalized spacial score (nSPS) is 19.5. The van der Waals surface area contributed by atoms with E-state index in [1.807, 2.05) is 13.0 Å². The Morgan fingerprint density at radius 2 is 2.28 bits per heavy atom. The van der Waals surface area contributed by atoms with Crippen molar-refractivity contribution in [3.63, 3.8) is 0 Å². The van der Waals surface area contributed by atoms with Crippen LogP contribution in [0.3, 0.4) is 0 Å². The van der Waals surface area contributed by atoms with Crippen LogP contribution in [0.25, 0.3) is 10.9 Å². The monoisotopic (exact) mass is 242 g/mol. The molecular weight excluding hydrogens is 224 g/mol. The molecule has 1 aromatic heterocycles. The van der Waals surface area contributed by atoms with Gasteiger partial charge in [0.05, 0.1) is 18.2 Å². The average Bonchev–Trinajstić information content (AvgIpc) is 2.89. The van der Waals surface area contributed by atoms with Crippen LogP contribution in [0, 0.1) is 6.92 Å². The van der Waals surface area contributed by atoms with Crippen LogP contribution in [0.1, 0.15) is 17.7 Å². The lowest BCUT2D eigenvalue weighted by atomic mass is 10.1. The maximum atomic E-state index is 5.96. The number of nitrogens with zero attached hydrogens (tertiary/aromatic N) is 1. The van der Waals surface area contributed by atoms with Gasteiger partial charge in [-0.05, 0) is 37.6 Å². The number of rotatable bonds is 3. The number of hydrogen-bond acceptors (Lipinski definition) is 3. The molecule has 0 aliphatic carbocycles. The molecule has 1 aromatic carbocycles. The van der Waals surface area contributed by atoms with Gasteiger partial charge >= 0.3 is 0 Å². The van der Waals surface area contributed by atoms with E-state index >= 15 is 0 Å². The fraction of sp³-hybridized carbons (Fsp3) is 0.400. The molecule has 1 saturated heterocycles. The number of hydrogen-bond donors (Lipinski definition) is 1. The van der Waals surface area contributed by atoms with Crippen molar-refractivity contribution in [2.75, 3.05) is 13.1 Å². The molecule has 0 saturated carbocycles. The summed E-state index contributed by atoms with van der Waals surface area (Å²) in [5.41, 5.74) is 3.35. The standard InChI is InChI=1S/C15H18N2O/c1-11-8-12(10-18-13-6-7-16-9-13)14-4-2-3-5-15(14)17-11/h2-5,8,13,16H,6-7,9-10H2,1H3. The van der Waals surface area contributed by atoms with Gasteiger partial charge in [-0.1, -0.05) is 18.2 Å². The highest BCUT2D eigenvalue weighted by Gasteiger charge is 2.15. The molecule has 3 nitrogen and oxygen atoms in total. The summed E-state index contributed by atoms with van der Waals surface area (Å²) in [4.78, 5) is 4.55. The summed E-state index contributed by atoms with van der Waals surface area (Å²) in [5, 5.41) is 4.52. The number of ether oxygens (including phenoxy) is 1. The van der Waals surface area contributed by atoms with Crippen LogP contribution in [0.5, 0.6) is 0 Å². The molecule has 0 amide bonds. The van der Waals surface area contributed by atoms with Crippen LogP contribution in [0.2, 0.25) is 0 Å². The Bertz CT molecular complexity index is 547. The van der Waals surface area contributed by atoms with Crippen molar-refractivity contribution >= 4 is 10.9 Å². The van der Waals surface area contributed by atoms with Crippen molar-refractivity contribution in [2.24, 2.45) is 0 Å². The number of benzene rings is 1. The topological polar surface area (TPSA) is 34.1 Å². The smallest absolute Gasteiger partial charge is 0.0728 e. The van der Waals surface area contributed by atoms with Gasteiger partial charge in [0.2, 0.25) is 0 Å². The van der Waals surface area contributed by atoms with Crippen LogP contribution >= 0.6 is 0 Å². The summed E-state index contributed by atoms with van der Waals surface area (Å²) < 4.78 is 5.96. The number of aryl methyl sites for hydroxylation is 1. The lowest BCUT2D eigenvalue weighted by molar-refractivity contribution is 0.0548. The molecule has 0 bridgehead atoms. The number of aromatic nitrogens is 1. The van der Waals surface area contributed by atoms with Gasteiger partial charge in [-0.3, -0.25) is 4.98 Å². The van der Waals surface area contributed by atoms with Crippen LogP contribution < -0.4 is 5.32 Å². The third-order valence-corrected chi connectivity index (χ3v) is 3.42. The Labute approximate surface area is 107 Å². The van der Waals surface area contributed by atoms with E-state index in [9.17, 15) is 0 Å². The average molecular weight is 242 g/mol. The number of nitrogens with one attached hydrogen (secondary N) is 1. The first kappa shape index (κ1) is 11.6. The first-order valence-electron chi connectivity index (χ1n) is 6.50. The Morgan fingerprint density at radius 1 is 1.39 bits per heavy atom. The molecule has 1 N–H and O–H groups in total. The summed E-state index contributed by atoms with van der Waals surface area (Å²) in [6.45, 7) is 4.76. The molecular formula is C15H18N2O. The molecule has 0 spiro atoms. The minimum Gasteiger partial charge on any atom is -0.372 e. The highest BCUT2D eigenvalue weighted by Crippen LogP contribution is 2.20. The first-order chi connectivity index (χ1) is 8.83. The van der Waals surface area contributed by atoms with Gasteiger partial charge in [-0.2, -0.15) is 0 Å². The summed E-state index contributed by atoms with van der Waals surface area (Å²) in [6.07, 6.45) is 1.47. The summed E-state index contributed by atoms with van der Waals surface area (Å²) in [5.74, 6) is 0. The second-order valence-electron chi connectivity index (χ2n) is 4.87. The van der Waals surface area contributed by atoms with E-state index in [0.717, 1.165) is 30.7 Å². The van der Waals surface area contributed by atoms with Crippen molar-refractivity contribution in [3.8, 4) is 0 Å². The first-order valence-corrected chi connectivity index (χ1v) is 6.50. The van der Waals surface area contributed by atoms with Gasteiger partial charge in [-0.15, -0.1) is 0 Å². The van der Waals surface area contributed by atoms with E-state index in [-0.39, 0.29) is 0 Å². The van der Waals surface area contributed by atoms with Crippen molar-refractivity contribution in [1.29, 1.82) is 0 Å². The van der Waals surface area contributed by atoms with E-state index in [2.05, 4.69) is 34.6 Å². The Morgan fingerprint density at radius 3 is 3.11 bits per heavy atom. The third kappa shape index (κ3) is 2.37. The molecule has 1 aliphatic rings. The fourth-order valence-electron chi connectivity index (χ4n) is 2.49. The minimum absolute atomic E-state index is 0.359. The number of pyridine rings is 1. The fourth-order valence-corrected chi connectivity index (χ4v) is 2.49. The van der Waals surface area contributed by atoms with Gasteiger partial charge in [-0.25, -0.2) is 0 Å². The molecule has 1 fully saturated rings. The maximum Gasteiger partial charge on any atom is 0.0728 e. The van der Waals surface area contributed by atoms with Crippen LogP contribution in [0.4, 0.5) is 0 Å². The molecule has 2 heterocycles. The van der Waals surface area contributed by atoms with Crippen molar-refractivity contribution in [2.45, 2.75) is 26.1 Å². The van der Waals surface area contributed by atoms with Crippen molar-refractivity contribution < 1.29 is 4.74 Å². The molecule has 18 heavy (non-hydrogen) atoms. The van der Waals surface area contributed by atoms with Crippen LogP contribution in [-0.2, 0) is 11.3 Å². The molecule has 94 valence electrons. The lowest BCUT2D eigenvalue weighted by Gasteiger charge is -2.12. The lowest BCUT2D eigenvalue weighted by Crippen LogP contribution is -2.16. The second kappa shape index (κ2) is 5.04. The molecule has 1 atom stereocenters. The molecule has 3 heteroatoms. The van der Waals surface area contributed by atoms with Gasteiger partial charge in [0, 0.05) is 17.6 Å². The van der Waals surface area contributed by atoms with E-state index in [4.69, 9.17) is 4.74 Å². The number of para-hydroxylation sites is 1. The van der Waals surface area contributed by atoms with Gasteiger partial charge < -0.3 is 10.1 Å². The minimum atomic E-state index is 0.359. The maximum absolute atomic E-state index is 5.96. The summed E-state index contributed by atoms with van der Waals surface area (Å²) >= 11 is 0. The van der Waals surface area contributed by atoms with Gasteiger partial charge in [0.1, 0.15) is 0 Å². The largest absolute Gasteiger partial charge is 0.372 e. The zero-order chi connectivity index (χ0) is 12.4. The highest BCUT2D eigenvalue weighted by atomic mass is 16.5. The highest BCUT2D eigenvalue weighted by molar-refractivity contribution is 5.82. The van der Waals surface area contributed by atoms with E-state index < -0.39 is 0 Å². The van der Waals surface area contributed by atoms with Crippen LogP contribution in [-0.4, -0.2) is 24.2 Å². The van der Waals surface area contributed by atoms with E-state index in [1.54, 1.807) is 0 Å². The van der Waals surface area contributed by atoms with Crippen LogP contribution in [0.15, 0.2) is 30.3 Å². The Hall–Kier alpha value is -1.45.